The molecule has 2 rings (SSSR count). The van der Waals surface area contributed by atoms with Crippen LogP contribution in [0.25, 0.3) is 0 Å². The first-order chi connectivity index (χ1) is 11.2. The lowest BCUT2D eigenvalue weighted by Crippen LogP contribution is -2.43. The van der Waals surface area contributed by atoms with Gasteiger partial charge in [0.2, 0.25) is 17.7 Å². The SMILES string of the molecule is CCCc1nnc(SCC(=O)NNC(=O)Cc2ccccc2)o1. The molecule has 0 saturated carbocycles. The summed E-state index contributed by atoms with van der Waals surface area (Å²) in [5.41, 5.74) is 5.61. The molecule has 0 fully saturated rings. The second-order valence-corrected chi connectivity index (χ2v) is 5.69. The fraction of sp³-hybridized carbons (Fsp3) is 0.333. The fourth-order valence-electron chi connectivity index (χ4n) is 1.74. The molecule has 0 aliphatic rings. The molecule has 2 amide bonds. The van der Waals surface area contributed by atoms with Gasteiger partial charge in [0.25, 0.3) is 5.22 Å². The normalized spacial score (nSPS) is 10.3. The molecular formula is C15H18N4O3S. The molecule has 0 aliphatic heterocycles. The van der Waals surface area contributed by atoms with Crippen LogP contribution in [0.5, 0.6) is 0 Å². The molecule has 23 heavy (non-hydrogen) atoms. The molecule has 1 heterocycles. The third kappa shape index (κ3) is 6.11. The average molecular weight is 334 g/mol. The van der Waals surface area contributed by atoms with E-state index in [2.05, 4.69) is 21.0 Å². The molecule has 122 valence electrons. The molecule has 0 aliphatic carbocycles. The second-order valence-electron chi connectivity index (χ2n) is 4.76. The lowest BCUT2D eigenvalue weighted by molar-refractivity contribution is -0.127. The number of aromatic nitrogens is 2. The number of amides is 2. The van der Waals surface area contributed by atoms with E-state index < -0.39 is 0 Å². The van der Waals surface area contributed by atoms with Crippen LogP contribution < -0.4 is 10.9 Å². The van der Waals surface area contributed by atoms with Crippen molar-refractivity contribution in [1.82, 2.24) is 21.0 Å². The van der Waals surface area contributed by atoms with E-state index in [1.54, 1.807) is 0 Å². The van der Waals surface area contributed by atoms with Crippen LogP contribution in [0.2, 0.25) is 0 Å². The van der Waals surface area contributed by atoms with Crippen LogP contribution in [-0.2, 0) is 22.4 Å². The van der Waals surface area contributed by atoms with E-state index in [1.165, 1.54) is 0 Å². The Labute approximate surface area is 138 Å². The molecule has 2 aromatic rings. The van der Waals surface area contributed by atoms with Crippen LogP contribution in [-0.4, -0.2) is 27.8 Å². The standard InChI is InChI=1S/C15H18N4O3S/c1-2-6-14-18-19-15(22-14)23-10-13(21)17-16-12(20)9-11-7-4-3-5-8-11/h3-5,7-8H,2,6,9-10H2,1H3,(H,16,20)(H,17,21). The third-order valence-corrected chi connectivity index (χ3v) is 3.61. The van der Waals surface area contributed by atoms with Gasteiger partial charge in [0, 0.05) is 6.42 Å². The van der Waals surface area contributed by atoms with Crippen molar-refractivity contribution in [3.05, 3.63) is 41.8 Å². The molecule has 2 N–H and O–H groups in total. The van der Waals surface area contributed by atoms with Crippen LogP contribution in [0.3, 0.4) is 0 Å². The number of hydrazine groups is 1. The predicted molar refractivity (Wildman–Crippen MR) is 85.4 cm³/mol. The minimum Gasteiger partial charge on any atom is -0.416 e. The van der Waals surface area contributed by atoms with Crippen molar-refractivity contribution in [3.8, 4) is 0 Å². The molecule has 0 spiro atoms. The minimum absolute atomic E-state index is 0.0827. The van der Waals surface area contributed by atoms with E-state index in [4.69, 9.17) is 4.42 Å². The van der Waals surface area contributed by atoms with Gasteiger partial charge in [-0.05, 0) is 12.0 Å². The number of aryl methyl sites for hydroxylation is 1. The summed E-state index contributed by atoms with van der Waals surface area (Å²) in [6.07, 6.45) is 1.84. The smallest absolute Gasteiger partial charge is 0.277 e. The zero-order valence-electron chi connectivity index (χ0n) is 12.7. The molecule has 0 radical (unpaired) electrons. The van der Waals surface area contributed by atoms with E-state index in [1.807, 2.05) is 37.3 Å². The molecule has 0 atom stereocenters. The zero-order chi connectivity index (χ0) is 16.5. The van der Waals surface area contributed by atoms with Crippen molar-refractivity contribution < 1.29 is 14.0 Å². The third-order valence-electron chi connectivity index (χ3n) is 2.79. The lowest BCUT2D eigenvalue weighted by Gasteiger charge is -2.06. The number of carbonyl (C=O) groups excluding carboxylic acids is 2. The number of hydrogen-bond acceptors (Lipinski definition) is 6. The Hall–Kier alpha value is -2.35. The number of nitrogens with zero attached hydrogens (tertiary/aromatic N) is 2. The topological polar surface area (TPSA) is 97.1 Å². The van der Waals surface area contributed by atoms with Gasteiger partial charge in [0.05, 0.1) is 12.2 Å². The van der Waals surface area contributed by atoms with Crippen molar-refractivity contribution in [2.75, 3.05) is 5.75 Å². The average Bonchev–Trinajstić information content (AvgIpc) is 3.00. The van der Waals surface area contributed by atoms with Crippen LogP contribution in [0, 0.1) is 0 Å². The first-order valence-corrected chi connectivity index (χ1v) is 8.22. The number of nitrogens with one attached hydrogen (secondary N) is 2. The summed E-state index contributed by atoms with van der Waals surface area (Å²) in [5.74, 6) is 0.0233. The predicted octanol–water partition coefficient (Wildman–Crippen LogP) is 1.50. The minimum atomic E-state index is -0.341. The molecule has 0 bridgehead atoms. The Morgan fingerprint density at radius 2 is 1.87 bits per heavy atom. The van der Waals surface area contributed by atoms with Crippen molar-refractivity contribution in [3.63, 3.8) is 0 Å². The Morgan fingerprint density at radius 3 is 2.61 bits per heavy atom. The van der Waals surface area contributed by atoms with E-state index in [0.29, 0.717) is 11.1 Å². The highest BCUT2D eigenvalue weighted by molar-refractivity contribution is 7.99. The lowest BCUT2D eigenvalue weighted by atomic mass is 10.1. The Balaban J connectivity index is 1.67. The summed E-state index contributed by atoms with van der Waals surface area (Å²) in [6, 6.07) is 9.29. The summed E-state index contributed by atoms with van der Waals surface area (Å²) in [4.78, 5) is 23.4. The monoisotopic (exact) mass is 334 g/mol. The van der Waals surface area contributed by atoms with Crippen molar-refractivity contribution >= 4 is 23.6 Å². The number of thioether (sulfide) groups is 1. The van der Waals surface area contributed by atoms with Crippen molar-refractivity contribution in [2.45, 2.75) is 31.4 Å². The van der Waals surface area contributed by atoms with Crippen molar-refractivity contribution in [2.24, 2.45) is 0 Å². The molecule has 7 nitrogen and oxygen atoms in total. The Kier molecular flexibility index (Phi) is 6.61. The number of hydrogen-bond donors (Lipinski definition) is 2. The van der Waals surface area contributed by atoms with Gasteiger partial charge < -0.3 is 4.42 Å². The zero-order valence-corrected chi connectivity index (χ0v) is 13.6. The van der Waals surface area contributed by atoms with Gasteiger partial charge in [-0.15, -0.1) is 10.2 Å². The largest absolute Gasteiger partial charge is 0.416 e. The summed E-state index contributed by atoms with van der Waals surface area (Å²) in [5, 5.41) is 8.05. The number of carbonyl (C=O) groups is 2. The van der Waals surface area contributed by atoms with Gasteiger partial charge in [0.1, 0.15) is 0 Å². The van der Waals surface area contributed by atoms with E-state index in [0.717, 1.165) is 30.2 Å². The van der Waals surface area contributed by atoms with Gasteiger partial charge in [0.15, 0.2) is 0 Å². The highest BCUT2D eigenvalue weighted by atomic mass is 32.2. The molecular weight excluding hydrogens is 316 g/mol. The first kappa shape index (κ1) is 17.0. The van der Waals surface area contributed by atoms with Gasteiger partial charge >= 0.3 is 0 Å². The molecule has 1 aromatic heterocycles. The maximum Gasteiger partial charge on any atom is 0.277 e. The van der Waals surface area contributed by atoms with E-state index >= 15 is 0 Å². The van der Waals surface area contributed by atoms with Gasteiger partial charge in [-0.25, -0.2) is 0 Å². The quantitative estimate of drug-likeness (QED) is 0.588. The summed E-state index contributed by atoms with van der Waals surface area (Å²) in [6.45, 7) is 2.02. The maximum absolute atomic E-state index is 11.7. The second kappa shape index (κ2) is 8.94. The highest BCUT2D eigenvalue weighted by Crippen LogP contribution is 2.16. The van der Waals surface area contributed by atoms with Crippen LogP contribution in [0.4, 0.5) is 0 Å². The van der Waals surface area contributed by atoms with Crippen molar-refractivity contribution in [1.29, 1.82) is 0 Å². The van der Waals surface area contributed by atoms with Gasteiger partial charge in [-0.2, -0.15) is 0 Å². The fourth-order valence-corrected chi connectivity index (χ4v) is 2.32. The van der Waals surface area contributed by atoms with Gasteiger partial charge in [-0.1, -0.05) is 49.0 Å². The first-order valence-electron chi connectivity index (χ1n) is 7.24. The Bertz CT molecular complexity index is 645. The molecule has 8 heteroatoms. The summed E-state index contributed by atoms with van der Waals surface area (Å²) < 4.78 is 5.35. The van der Waals surface area contributed by atoms with Crippen LogP contribution >= 0.6 is 11.8 Å². The van der Waals surface area contributed by atoms with Crippen LogP contribution in [0.1, 0.15) is 24.8 Å². The molecule has 1 aromatic carbocycles. The van der Waals surface area contributed by atoms with E-state index in [9.17, 15) is 9.59 Å². The highest BCUT2D eigenvalue weighted by Gasteiger charge is 2.10. The molecule has 0 unspecified atom stereocenters. The molecule has 0 saturated heterocycles. The Morgan fingerprint density at radius 1 is 1.13 bits per heavy atom. The summed E-state index contributed by atoms with van der Waals surface area (Å²) in [7, 11) is 0. The van der Waals surface area contributed by atoms with E-state index in [-0.39, 0.29) is 24.0 Å². The number of benzene rings is 1. The summed E-state index contributed by atoms with van der Waals surface area (Å²) >= 11 is 1.13. The maximum atomic E-state index is 11.7. The van der Waals surface area contributed by atoms with Gasteiger partial charge in [-0.3, -0.25) is 20.4 Å². The van der Waals surface area contributed by atoms with Crippen LogP contribution in [0.15, 0.2) is 40.0 Å². The number of rotatable bonds is 7.